The zero-order chi connectivity index (χ0) is 16.2. The zero-order valence-corrected chi connectivity index (χ0v) is 12.3. The number of ether oxygens (including phenoxy) is 1. The normalized spacial score (nSPS) is 17.0. The predicted molar refractivity (Wildman–Crippen MR) is 81.5 cm³/mol. The quantitative estimate of drug-likeness (QED) is 0.869. The molecule has 1 saturated heterocycles. The van der Waals surface area contributed by atoms with Gasteiger partial charge in [0.05, 0.1) is 18.4 Å². The van der Waals surface area contributed by atoms with Crippen molar-refractivity contribution in [3.8, 4) is 17.0 Å². The highest BCUT2D eigenvalue weighted by atomic mass is 16.5. The molecule has 1 aliphatic rings. The van der Waals surface area contributed by atoms with Crippen molar-refractivity contribution in [3.63, 3.8) is 0 Å². The van der Waals surface area contributed by atoms with Crippen molar-refractivity contribution >= 4 is 12.4 Å². The average molecular weight is 313 g/mol. The zero-order valence-electron chi connectivity index (χ0n) is 12.3. The van der Waals surface area contributed by atoms with Crippen molar-refractivity contribution in [2.45, 2.75) is 12.5 Å². The molecule has 2 aromatic rings. The summed E-state index contributed by atoms with van der Waals surface area (Å²) in [6, 6.07) is 8.78. The SMILES string of the molecule is O=Cc1cccc(-c2cc(O[C@@H]3CCN(C(=O)O)C3)cnn2)c1. The number of nitrogens with zero attached hydrogens (tertiary/aromatic N) is 3. The minimum Gasteiger partial charge on any atom is -0.487 e. The Hall–Kier alpha value is -2.96. The van der Waals surface area contributed by atoms with Crippen LogP contribution in [-0.2, 0) is 0 Å². The fraction of sp³-hybridized carbons (Fsp3) is 0.250. The van der Waals surface area contributed by atoms with E-state index in [1.807, 2.05) is 6.07 Å². The summed E-state index contributed by atoms with van der Waals surface area (Å²) in [5.41, 5.74) is 1.92. The van der Waals surface area contributed by atoms with Crippen molar-refractivity contribution in [3.05, 3.63) is 42.1 Å². The number of benzene rings is 1. The van der Waals surface area contributed by atoms with Gasteiger partial charge in [0, 0.05) is 30.2 Å². The molecule has 1 atom stereocenters. The maximum atomic E-state index is 10.9. The lowest BCUT2D eigenvalue weighted by Gasteiger charge is -2.14. The summed E-state index contributed by atoms with van der Waals surface area (Å²) in [4.78, 5) is 23.1. The second-order valence-corrected chi connectivity index (χ2v) is 5.28. The van der Waals surface area contributed by atoms with Crippen LogP contribution in [0.3, 0.4) is 0 Å². The number of amides is 1. The van der Waals surface area contributed by atoms with E-state index in [9.17, 15) is 9.59 Å². The van der Waals surface area contributed by atoms with Crippen LogP contribution in [0.2, 0.25) is 0 Å². The van der Waals surface area contributed by atoms with Crippen LogP contribution in [0.4, 0.5) is 4.79 Å². The second kappa shape index (κ2) is 6.43. The van der Waals surface area contributed by atoms with E-state index in [0.29, 0.717) is 36.5 Å². The Morgan fingerprint density at radius 2 is 2.26 bits per heavy atom. The molecule has 0 radical (unpaired) electrons. The van der Waals surface area contributed by atoms with E-state index in [4.69, 9.17) is 9.84 Å². The van der Waals surface area contributed by atoms with Gasteiger partial charge in [-0.3, -0.25) is 4.79 Å². The summed E-state index contributed by atoms with van der Waals surface area (Å²) in [5.74, 6) is 0.531. The molecule has 3 rings (SSSR count). The predicted octanol–water partition coefficient (Wildman–Crippen LogP) is 2.09. The van der Waals surface area contributed by atoms with E-state index in [0.717, 1.165) is 11.8 Å². The maximum Gasteiger partial charge on any atom is 0.407 e. The van der Waals surface area contributed by atoms with Crippen LogP contribution in [0.25, 0.3) is 11.3 Å². The lowest BCUT2D eigenvalue weighted by atomic mass is 10.1. The molecule has 1 fully saturated rings. The van der Waals surface area contributed by atoms with Gasteiger partial charge >= 0.3 is 6.09 Å². The molecule has 118 valence electrons. The van der Waals surface area contributed by atoms with Gasteiger partial charge in [-0.15, -0.1) is 0 Å². The monoisotopic (exact) mass is 313 g/mol. The highest BCUT2D eigenvalue weighted by Gasteiger charge is 2.27. The van der Waals surface area contributed by atoms with Gasteiger partial charge in [-0.1, -0.05) is 18.2 Å². The molecule has 0 saturated carbocycles. The first-order valence-corrected chi connectivity index (χ1v) is 7.18. The number of aromatic nitrogens is 2. The molecule has 0 bridgehead atoms. The Bertz CT molecular complexity index is 735. The third-order valence-corrected chi connectivity index (χ3v) is 3.67. The summed E-state index contributed by atoms with van der Waals surface area (Å²) in [6.07, 6.45) is 1.79. The number of carbonyl (C=O) groups is 2. The van der Waals surface area contributed by atoms with Crippen LogP contribution >= 0.6 is 0 Å². The third-order valence-electron chi connectivity index (χ3n) is 3.67. The number of aldehydes is 1. The molecule has 1 aromatic heterocycles. The first-order valence-electron chi connectivity index (χ1n) is 7.18. The molecule has 0 spiro atoms. The smallest absolute Gasteiger partial charge is 0.407 e. The highest BCUT2D eigenvalue weighted by Crippen LogP contribution is 2.23. The fourth-order valence-corrected chi connectivity index (χ4v) is 2.52. The molecular formula is C16H15N3O4. The molecule has 1 N–H and O–H groups in total. The van der Waals surface area contributed by atoms with Crippen LogP contribution in [0, 0.1) is 0 Å². The third kappa shape index (κ3) is 3.45. The van der Waals surface area contributed by atoms with E-state index in [2.05, 4.69) is 10.2 Å². The summed E-state index contributed by atoms with van der Waals surface area (Å²) >= 11 is 0. The molecule has 7 nitrogen and oxygen atoms in total. The molecule has 0 unspecified atom stereocenters. The summed E-state index contributed by atoms with van der Waals surface area (Å²) < 4.78 is 5.80. The van der Waals surface area contributed by atoms with Gasteiger partial charge in [0.1, 0.15) is 18.1 Å². The summed E-state index contributed by atoms with van der Waals surface area (Å²) in [5, 5.41) is 16.9. The number of hydrogen-bond donors (Lipinski definition) is 1. The van der Waals surface area contributed by atoms with E-state index in [1.54, 1.807) is 24.3 Å². The van der Waals surface area contributed by atoms with Gasteiger partial charge in [-0.05, 0) is 6.07 Å². The number of carboxylic acid groups (broad SMARTS) is 1. The Labute approximate surface area is 132 Å². The van der Waals surface area contributed by atoms with Gasteiger partial charge in [-0.25, -0.2) is 4.79 Å². The molecule has 23 heavy (non-hydrogen) atoms. The lowest BCUT2D eigenvalue weighted by molar-refractivity contribution is 0.112. The topological polar surface area (TPSA) is 92.6 Å². The van der Waals surface area contributed by atoms with E-state index in [1.165, 1.54) is 11.1 Å². The fourth-order valence-electron chi connectivity index (χ4n) is 2.52. The van der Waals surface area contributed by atoms with Crippen molar-refractivity contribution in [2.24, 2.45) is 0 Å². The van der Waals surface area contributed by atoms with Gasteiger partial charge in [0.25, 0.3) is 0 Å². The Balaban J connectivity index is 1.75. The average Bonchev–Trinajstić information content (AvgIpc) is 3.04. The van der Waals surface area contributed by atoms with Gasteiger partial charge < -0.3 is 14.7 Å². The number of carbonyl (C=O) groups excluding carboxylic acids is 1. The van der Waals surface area contributed by atoms with Crippen LogP contribution in [0.15, 0.2) is 36.5 Å². The molecule has 1 aromatic carbocycles. The van der Waals surface area contributed by atoms with Crippen LogP contribution < -0.4 is 4.74 Å². The number of hydrogen-bond acceptors (Lipinski definition) is 5. The van der Waals surface area contributed by atoms with Crippen LogP contribution in [-0.4, -0.2) is 51.8 Å². The first kappa shape index (κ1) is 15.0. The molecule has 1 aliphatic heterocycles. The van der Waals surface area contributed by atoms with E-state index in [-0.39, 0.29) is 6.10 Å². The van der Waals surface area contributed by atoms with Crippen molar-refractivity contribution in [1.29, 1.82) is 0 Å². The van der Waals surface area contributed by atoms with Gasteiger partial charge in [-0.2, -0.15) is 10.2 Å². The molecule has 0 aliphatic carbocycles. The number of likely N-dealkylation sites (tertiary alicyclic amines) is 1. The van der Waals surface area contributed by atoms with Gasteiger partial charge in [0.15, 0.2) is 0 Å². The Morgan fingerprint density at radius 1 is 1.39 bits per heavy atom. The second-order valence-electron chi connectivity index (χ2n) is 5.28. The van der Waals surface area contributed by atoms with E-state index < -0.39 is 6.09 Å². The Kier molecular flexibility index (Phi) is 4.18. The Morgan fingerprint density at radius 3 is 3.00 bits per heavy atom. The van der Waals surface area contributed by atoms with Crippen molar-refractivity contribution < 1.29 is 19.4 Å². The van der Waals surface area contributed by atoms with Gasteiger partial charge in [0.2, 0.25) is 0 Å². The summed E-state index contributed by atoms with van der Waals surface area (Å²) in [6.45, 7) is 0.806. The standard InChI is InChI=1S/C16H15N3O4/c20-10-11-2-1-3-12(6-11)15-7-14(8-17-18-15)23-13-4-5-19(9-13)16(21)22/h1-3,6-8,10,13H,4-5,9H2,(H,21,22)/t13-/m1/s1. The first-order chi connectivity index (χ1) is 11.2. The summed E-state index contributed by atoms with van der Waals surface area (Å²) in [7, 11) is 0. The highest BCUT2D eigenvalue weighted by molar-refractivity contribution is 5.78. The molecule has 7 heteroatoms. The van der Waals surface area contributed by atoms with E-state index >= 15 is 0 Å². The van der Waals surface area contributed by atoms with Crippen LogP contribution in [0.5, 0.6) is 5.75 Å². The van der Waals surface area contributed by atoms with Crippen molar-refractivity contribution in [2.75, 3.05) is 13.1 Å². The minimum absolute atomic E-state index is 0.190. The lowest BCUT2D eigenvalue weighted by Crippen LogP contribution is -2.29. The maximum absolute atomic E-state index is 10.9. The number of rotatable bonds is 4. The molecule has 2 heterocycles. The molecular weight excluding hydrogens is 298 g/mol. The van der Waals surface area contributed by atoms with Crippen LogP contribution in [0.1, 0.15) is 16.8 Å². The minimum atomic E-state index is -0.935. The molecule has 1 amide bonds. The largest absolute Gasteiger partial charge is 0.487 e. The van der Waals surface area contributed by atoms with Crippen molar-refractivity contribution in [1.82, 2.24) is 15.1 Å².